The van der Waals surface area contributed by atoms with E-state index in [1.165, 1.54) is 6.07 Å². The molecule has 4 aromatic rings. The fourth-order valence-electron chi connectivity index (χ4n) is 3.93. The summed E-state index contributed by atoms with van der Waals surface area (Å²) in [5.74, 6) is 1.26. The van der Waals surface area contributed by atoms with E-state index in [0.29, 0.717) is 34.0 Å². The standard InChI is InChI=1S/C26H16O7/c1-14-8-17(31-26(28)23-11-16-4-2-3-5-18(16)32-23)12-21-24(14)25(27)22(33-21)10-15-6-7-19-20(9-15)30-13-29-19/h2-12H,13H2,1H3/b22-10-. The van der Waals surface area contributed by atoms with E-state index in [1.54, 1.807) is 43.3 Å². The van der Waals surface area contributed by atoms with Crippen LogP contribution in [-0.2, 0) is 0 Å². The lowest BCUT2D eigenvalue weighted by Crippen LogP contribution is -2.07. The Balaban J connectivity index is 1.27. The van der Waals surface area contributed by atoms with Gasteiger partial charge in [0.2, 0.25) is 18.3 Å². The summed E-state index contributed by atoms with van der Waals surface area (Å²) in [6, 6.07) is 17.5. The molecule has 0 radical (unpaired) electrons. The van der Waals surface area contributed by atoms with E-state index in [-0.39, 0.29) is 29.8 Å². The molecular weight excluding hydrogens is 424 g/mol. The van der Waals surface area contributed by atoms with Gasteiger partial charge in [0.25, 0.3) is 0 Å². The molecule has 6 rings (SSSR count). The van der Waals surface area contributed by atoms with Crippen molar-refractivity contribution < 1.29 is 33.0 Å². The van der Waals surface area contributed by atoms with Crippen LogP contribution in [0.3, 0.4) is 0 Å². The second kappa shape index (κ2) is 7.27. The van der Waals surface area contributed by atoms with Crippen molar-refractivity contribution in [3.05, 3.63) is 88.9 Å². The Morgan fingerprint density at radius 2 is 1.82 bits per heavy atom. The number of fused-ring (bicyclic) bond motifs is 3. The Morgan fingerprint density at radius 1 is 0.970 bits per heavy atom. The number of esters is 1. The molecule has 162 valence electrons. The SMILES string of the molecule is Cc1cc(OC(=O)c2cc3ccccc3o2)cc2c1C(=O)/C(=C/c1ccc3c(c1)OCO3)O2. The van der Waals surface area contributed by atoms with Gasteiger partial charge in [0.15, 0.2) is 17.3 Å². The van der Waals surface area contributed by atoms with Gasteiger partial charge in [-0.15, -0.1) is 0 Å². The zero-order valence-corrected chi connectivity index (χ0v) is 17.4. The van der Waals surface area contributed by atoms with Gasteiger partial charge < -0.3 is 23.4 Å². The van der Waals surface area contributed by atoms with Gasteiger partial charge in [-0.2, -0.15) is 0 Å². The van der Waals surface area contributed by atoms with Crippen molar-refractivity contribution in [1.82, 2.24) is 0 Å². The minimum Gasteiger partial charge on any atom is -0.454 e. The molecule has 0 aliphatic carbocycles. The van der Waals surface area contributed by atoms with Crippen LogP contribution in [0.15, 0.2) is 70.8 Å². The van der Waals surface area contributed by atoms with Crippen LogP contribution >= 0.6 is 0 Å². The van der Waals surface area contributed by atoms with Crippen LogP contribution in [0.25, 0.3) is 17.0 Å². The Bertz CT molecular complexity index is 1460. The molecule has 7 nitrogen and oxygen atoms in total. The molecular formula is C26H16O7. The number of carbonyl (C=O) groups is 2. The van der Waals surface area contributed by atoms with Crippen LogP contribution in [-0.4, -0.2) is 18.5 Å². The molecule has 2 aliphatic rings. The van der Waals surface area contributed by atoms with Gasteiger partial charge in [-0.05, 0) is 54.5 Å². The number of hydrogen-bond donors (Lipinski definition) is 0. The third-order valence-electron chi connectivity index (χ3n) is 5.48. The van der Waals surface area contributed by atoms with Crippen LogP contribution in [0.4, 0.5) is 0 Å². The molecule has 0 saturated carbocycles. The molecule has 0 unspecified atom stereocenters. The van der Waals surface area contributed by atoms with Crippen molar-refractivity contribution in [2.75, 3.05) is 6.79 Å². The third-order valence-corrected chi connectivity index (χ3v) is 5.48. The molecule has 0 saturated heterocycles. The minimum absolute atomic E-state index is 0.0924. The van der Waals surface area contributed by atoms with Crippen LogP contribution in [0, 0.1) is 6.92 Å². The van der Waals surface area contributed by atoms with E-state index in [4.69, 9.17) is 23.4 Å². The van der Waals surface area contributed by atoms with Crippen LogP contribution in [0.5, 0.6) is 23.0 Å². The van der Waals surface area contributed by atoms with Gasteiger partial charge in [0.1, 0.15) is 17.1 Å². The Morgan fingerprint density at radius 3 is 2.70 bits per heavy atom. The van der Waals surface area contributed by atoms with E-state index >= 15 is 0 Å². The maximum atomic E-state index is 12.9. The summed E-state index contributed by atoms with van der Waals surface area (Å²) in [7, 11) is 0. The van der Waals surface area contributed by atoms with Crippen LogP contribution < -0.4 is 18.9 Å². The van der Waals surface area contributed by atoms with Gasteiger partial charge in [0.05, 0.1) is 5.56 Å². The molecule has 0 N–H and O–H groups in total. The van der Waals surface area contributed by atoms with Crippen molar-refractivity contribution >= 4 is 28.8 Å². The fraction of sp³-hybridized carbons (Fsp3) is 0.0769. The van der Waals surface area contributed by atoms with Crippen molar-refractivity contribution in [1.29, 1.82) is 0 Å². The topological polar surface area (TPSA) is 84.2 Å². The first kappa shape index (κ1) is 19.2. The van der Waals surface area contributed by atoms with Crippen molar-refractivity contribution in [2.24, 2.45) is 0 Å². The molecule has 7 heteroatoms. The van der Waals surface area contributed by atoms with Gasteiger partial charge >= 0.3 is 5.97 Å². The number of aryl methyl sites for hydroxylation is 1. The summed E-state index contributed by atoms with van der Waals surface area (Å²) in [4.78, 5) is 25.5. The predicted octanol–water partition coefficient (Wildman–Crippen LogP) is 5.31. The molecule has 0 atom stereocenters. The van der Waals surface area contributed by atoms with E-state index in [9.17, 15) is 9.59 Å². The Hall–Kier alpha value is -4.52. The van der Waals surface area contributed by atoms with E-state index in [0.717, 1.165) is 10.9 Å². The number of Topliss-reactive ketones (excluding diaryl/α,β-unsaturated/α-hetero) is 1. The monoisotopic (exact) mass is 440 g/mol. The summed E-state index contributed by atoms with van der Waals surface area (Å²) in [6.07, 6.45) is 1.64. The molecule has 3 heterocycles. The van der Waals surface area contributed by atoms with Crippen LogP contribution in [0.1, 0.15) is 32.0 Å². The zero-order valence-electron chi connectivity index (χ0n) is 17.4. The van der Waals surface area contributed by atoms with Gasteiger partial charge in [-0.3, -0.25) is 4.79 Å². The van der Waals surface area contributed by atoms with Gasteiger partial charge in [-0.25, -0.2) is 4.79 Å². The average molecular weight is 440 g/mol. The van der Waals surface area contributed by atoms with Crippen LogP contribution in [0.2, 0.25) is 0 Å². The first-order valence-corrected chi connectivity index (χ1v) is 10.2. The number of furan rings is 1. The lowest BCUT2D eigenvalue weighted by Gasteiger charge is -2.06. The Kier molecular flexibility index (Phi) is 4.23. The predicted molar refractivity (Wildman–Crippen MR) is 118 cm³/mol. The number of carbonyl (C=O) groups excluding carboxylic acids is 2. The number of benzene rings is 3. The number of ketones is 1. The first-order valence-electron chi connectivity index (χ1n) is 10.2. The number of para-hydroxylation sites is 1. The normalized spacial score (nSPS) is 15.1. The summed E-state index contributed by atoms with van der Waals surface area (Å²) >= 11 is 0. The molecule has 33 heavy (non-hydrogen) atoms. The lowest BCUT2D eigenvalue weighted by atomic mass is 10.0. The third kappa shape index (κ3) is 3.30. The second-order valence-electron chi connectivity index (χ2n) is 7.70. The summed E-state index contributed by atoms with van der Waals surface area (Å²) in [5.41, 5.74) is 2.41. The highest BCUT2D eigenvalue weighted by Crippen LogP contribution is 2.39. The zero-order chi connectivity index (χ0) is 22.5. The van der Waals surface area contributed by atoms with Gasteiger partial charge in [-0.1, -0.05) is 24.3 Å². The molecule has 2 aliphatic heterocycles. The minimum atomic E-state index is -0.633. The van der Waals surface area contributed by atoms with E-state index in [2.05, 4.69) is 0 Å². The molecule has 0 spiro atoms. The van der Waals surface area contributed by atoms with Gasteiger partial charge in [0, 0.05) is 11.5 Å². The van der Waals surface area contributed by atoms with E-state index < -0.39 is 5.97 Å². The van der Waals surface area contributed by atoms with Crippen molar-refractivity contribution in [3.8, 4) is 23.0 Å². The summed E-state index contributed by atoms with van der Waals surface area (Å²) in [5, 5.41) is 0.807. The largest absolute Gasteiger partial charge is 0.454 e. The number of ether oxygens (including phenoxy) is 4. The molecule has 0 bridgehead atoms. The van der Waals surface area contributed by atoms with E-state index in [1.807, 2.05) is 24.3 Å². The Labute approximate surface area is 187 Å². The number of hydrogen-bond acceptors (Lipinski definition) is 7. The summed E-state index contributed by atoms with van der Waals surface area (Å²) in [6.45, 7) is 1.94. The van der Waals surface area contributed by atoms with Crippen molar-refractivity contribution in [3.63, 3.8) is 0 Å². The molecule has 0 fully saturated rings. The maximum absolute atomic E-state index is 12.9. The number of allylic oxidation sites excluding steroid dienone is 1. The average Bonchev–Trinajstić information content (AvgIpc) is 3.51. The highest BCUT2D eigenvalue weighted by atomic mass is 16.7. The fourth-order valence-corrected chi connectivity index (χ4v) is 3.93. The summed E-state index contributed by atoms with van der Waals surface area (Å²) < 4.78 is 27.6. The molecule has 3 aromatic carbocycles. The quantitative estimate of drug-likeness (QED) is 0.243. The lowest BCUT2D eigenvalue weighted by molar-refractivity contribution is 0.0703. The number of rotatable bonds is 3. The maximum Gasteiger partial charge on any atom is 0.379 e. The molecule has 0 amide bonds. The van der Waals surface area contributed by atoms with Crippen molar-refractivity contribution in [2.45, 2.75) is 6.92 Å². The first-order chi connectivity index (χ1) is 16.0. The highest BCUT2D eigenvalue weighted by molar-refractivity contribution is 6.15. The second-order valence-corrected chi connectivity index (χ2v) is 7.70. The highest BCUT2D eigenvalue weighted by Gasteiger charge is 2.30. The molecule has 1 aromatic heterocycles. The smallest absolute Gasteiger partial charge is 0.379 e.